The van der Waals surface area contributed by atoms with Crippen LogP contribution >= 0.6 is 11.3 Å². The average molecular weight is 372 g/mol. The van der Waals surface area contributed by atoms with Gasteiger partial charge in [0.25, 0.3) is 0 Å². The van der Waals surface area contributed by atoms with Gasteiger partial charge in [0.15, 0.2) is 5.13 Å². The van der Waals surface area contributed by atoms with E-state index in [1.54, 1.807) is 18.3 Å². The lowest BCUT2D eigenvalue weighted by atomic mass is 9.93. The van der Waals surface area contributed by atoms with Crippen LogP contribution in [0.15, 0.2) is 23.9 Å². The smallest absolute Gasteiger partial charge is 0.223 e. The Morgan fingerprint density at radius 3 is 2.69 bits per heavy atom. The summed E-state index contributed by atoms with van der Waals surface area (Å²) in [6.45, 7) is 5.42. The van der Waals surface area contributed by atoms with Gasteiger partial charge in [-0.3, -0.25) is 9.59 Å². The molecule has 0 aromatic carbocycles. The summed E-state index contributed by atoms with van der Waals surface area (Å²) in [5.41, 5.74) is 1.51. The summed E-state index contributed by atoms with van der Waals surface area (Å²) in [5, 5.41) is 16.8. The number of hydrogen-bond acceptors (Lipinski definition) is 7. The van der Waals surface area contributed by atoms with E-state index < -0.39 is 0 Å². The standard InChI is InChI=1S/C18H20N4O3S/c1-9(2)20-14-7-4-11(8-19-14)15(24)12-5-6-13-17(16(12)25)26-18(22-13)21-10(3)23/h4,7-9,24H,5-6H2,1-3H3,(H,19,20)(H,21,22,23). The van der Waals surface area contributed by atoms with Crippen molar-refractivity contribution in [3.63, 3.8) is 0 Å². The Labute approximate surface area is 155 Å². The molecule has 3 N–H and O–H groups in total. The first kappa shape index (κ1) is 18.1. The van der Waals surface area contributed by atoms with Crippen molar-refractivity contribution >= 4 is 39.7 Å². The van der Waals surface area contributed by atoms with Gasteiger partial charge in [-0.1, -0.05) is 11.3 Å². The van der Waals surface area contributed by atoms with Gasteiger partial charge in [0.2, 0.25) is 11.7 Å². The number of rotatable bonds is 4. The third-order valence-corrected chi connectivity index (χ3v) is 4.84. The molecule has 136 valence electrons. The number of hydrogen-bond donors (Lipinski definition) is 3. The number of ketones is 1. The van der Waals surface area contributed by atoms with Gasteiger partial charge in [-0.05, 0) is 38.8 Å². The maximum absolute atomic E-state index is 12.8. The fourth-order valence-corrected chi connectivity index (χ4v) is 3.74. The second-order valence-corrected chi connectivity index (χ2v) is 7.36. The van der Waals surface area contributed by atoms with Gasteiger partial charge < -0.3 is 15.7 Å². The molecule has 1 aliphatic carbocycles. The number of nitrogens with one attached hydrogen (secondary N) is 2. The van der Waals surface area contributed by atoms with Gasteiger partial charge in [-0.2, -0.15) is 0 Å². The Balaban J connectivity index is 1.87. The minimum absolute atomic E-state index is 0.0567. The molecule has 3 rings (SSSR count). The molecule has 0 aliphatic heterocycles. The lowest BCUT2D eigenvalue weighted by molar-refractivity contribution is -0.114. The molecule has 7 nitrogen and oxygen atoms in total. The average Bonchev–Trinajstić information content (AvgIpc) is 2.97. The van der Waals surface area contributed by atoms with Gasteiger partial charge in [0.1, 0.15) is 16.5 Å². The zero-order valence-electron chi connectivity index (χ0n) is 14.8. The highest BCUT2D eigenvalue weighted by Gasteiger charge is 2.29. The summed E-state index contributed by atoms with van der Waals surface area (Å²) in [4.78, 5) is 32.9. The van der Waals surface area contributed by atoms with Crippen molar-refractivity contribution in [2.45, 2.75) is 39.7 Å². The minimum atomic E-state index is -0.248. The second kappa shape index (κ2) is 7.25. The molecule has 0 bridgehead atoms. The Kier molecular flexibility index (Phi) is 5.03. The van der Waals surface area contributed by atoms with E-state index in [0.717, 1.165) is 11.3 Å². The van der Waals surface area contributed by atoms with E-state index in [1.165, 1.54) is 6.92 Å². The Morgan fingerprint density at radius 1 is 1.31 bits per heavy atom. The molecule has 0 fully saturated rings. The number of carbonyl (C=O) groups excluding carboxylic acids is 2. The lowest BCUT2D eigenvalue weighted by Crippen LogP contribution is -2.14. The van der Waals surface area contributed by atoms with Crippen molar-refractivity contribution in [2.75, 3.05) is 10.6 Å². The summed E-state index contributed by atoms with van der Waals surface area (Å²) in [6, 6.07) is 3.76. The molecule has 2 aromatic rings. The maximum Gasteiger partial charge on any atom is 0.223 e. The zero-order chi connectivity index (χ0) is 18.8. The highest BCUT2D eigenvalue weighted by atomic mass is 32.1. The molecular formula is C18H20N4O3S. The number of aromatic nitrogens is 2. The minimum Gasteiger partial charge on any atom is -0.507 e. The van der Waals surface area contributed by atoms with Gasteiger partial charge in [0.05, 0.1) is 5.69 Å². The molecule has 0 atom stereocenters. The quantitative estimate of drug-likeness (QED) is 0.561. The first-order valence-corrected chi connectivity index (χ1v) is 9.14. The Morgan fingerprint density at radius 2 is 2.08 bits per heavy atom. The van der Waals surface area contributed by atoms with Crippen molar-refractivity contribution in [1.29, 1.82) is 0 Å². The first-order chi connectivity index (χ1) is 12.3. The third kappa shape index (κ3) is 3.75. The summed E-state index contributed by atoms with van der Waals surface area (Å²) < 4.78 is 0. The number of thiazole rings is 1. The van der Waals surface area contributed by atoms with E-state index in [-0.39, 0.29) is 23.5 Å². The van der Waals surface area contributed by atoms with Gasteiger partial charge in [0, 0.05) is 30.3 Å². The molecule has 1 amide bonds. The van der Waals surface area contributed by atoms with Crippen molar-refractivity contribution in [1.82, 2.24) is 9.97 Å². The first-order valence-electron chi connectivity index (χ1n) is 8.32. The van der Waals surface area contributed by atoms with Crippen LogP contribution in [0, 0.1) is 0 Å². The molecule has 26 heavy (non-hydrogen) atoms. The van der Waals surface area contributed by atoms with Crippen LogP contribution in [0.2, 0.25) is 0 Å². The van der Waals surface area contributed by atoms with Crippen molar-refractivity contribution in [3.8, 4) is 0 Å². The number of fused-ring (bicyclic) bond motifs is 1. The van der Waals surface area contributed by atoms with Crippen LogP contribution < -0.4 is 10.6 Å². The van der Waals surface area contributed by atoms with E-state index in [9.17, 15) is 14.7 Å². The number of carbonyl (C=O) groups is 2. The van der Waals surface area contributed by atoms with E-state index in [1.807, 2.05) is 13.8 Å². The lowest BCUT2D eigenvalue weighted by Gasteiger charge is -2.15. The Bertz CT molecular complexity index is 884. The van der Waals surface area contributed by atoms with E-state index in [2.05, 4.69) is 20.6 Å². The highest BCUT2D eigenvalue weighted by Crippen LogP contribution is 2.34. The fourth-order valence-electron chi connectivity index (χ4n) is 2.71. The molecule has 0 unspecified atom stereocenters. The van der Waals surface area contributed by atoms with E-state index in [0.29, 0.717) is 45.5 Å². The number of amides is 1. The number of aliphatic hydroxyl groups excluding tert-OH is 1. The number of aliphatic hydroxyl groups is 1. The number of aryl methyl sites for hydroxylation is 1. The topological polar surface area (TPSA) is 104 Å². The van der Waals surface area contributed by atoms with E-state index in [4.69, 9.17) is 0 Å². The van der Waals surface area contributed by atoms with Crippen LogP contribution in [-0.4, -0.2) is 32.8 Å². The summed E-state index contributed by atoms with van der Waals surface area (Å²) in [5.74, 6) is 0.172. The molecule has 0 spiro atoms. The van der Waals surface area contributed by atoms with Gasteiger partial charge in [-0.25, -0.2) is 9.97 Å². The number of nitrogens with zero attached hydrogens (tertiary/aromatic N) is 2. The van der Waals surface area contributed by atoms with Crippen molar-refractivity contribution in [3.05, 3.63) is 40.0 Å². The van der Waals surface area contributed by atoms with Crippen molar-refractivity contribution in [2.24, 2.45) is 0 Å². The van der Waals surface area contributed by atoms with Crippen LogP contribution in [0.25, 0.3) is 5.76 Å². The predicted octanol–water partition coefficient (Wildman–Crippen LogP) is 3.42. The number of allylic oxidation sites excluding steroid dienone is 1. The van der Waals surface area contributed by atoms with Crippen LogP contribution in [0.3, 0.4) is 0 Å². The second-order valence-electron chi connectivity index (χ2n) is 6.36. The molecule has 0 saturated carbocycles. The summed E-state index contributed by atoms with van der Waals surface area (Å²) >= 11 is 1.13. The predicted molar refractivity (Wildman–Crippen MR) is 102 cm³/mol. The van der Waals surface area contributed by atoms with Crippen LogP contribution in [0.5, 0.6) is 0 Å². The number of anilines is 2. The SMILES string of the molecule is CC(=O)Nc1nc2c(s1)C(=O)C(=C(O)c1ccc(NC(C)C)nc1)CC2. The molecule has 0 saturated heterocycles. The number of Topliss-reactive ketones (excluding diaryl/α,β-unsaturated/α-hetero) is 1. The Hall–Kier alpha value is -2.74. The zero-order valence-corrected chi connectivity index (χ0v) is 15.6. The van der Waals surface area contributed by atoms with Crippen LogP contribution in [-0.2, 0) is 11.2 Å². The molecular weight excluding hydrogens is 352 g/mol. The maximum atomic E-state index is 12.8. The van der Waals surface area contributed by atoms with Crippen LogP contribution in [0.1, 0.15) is 48.1 Å². The molecule has 1 aliphatic rings. The van der Waals surface area contributed by atoms with Crippen LogP contribution in [0.4, 0.5) is 10.9 Å². The van der Waals surface area contributed by atoms with Crippen molar-refractivity contribution < 1.29 is 14.7 Å². The van der Waals surface area contributed by atoms with E-state index >= 15 is 0 Å². The number of pyridine rings is 1. The molecule has 2 heterocycles. The molecule has 0 radical (unpaired) electrons. The normalized spacial score (nSPS) is 15.6. The summed E-state index contributed by atoms with van der Waals surface area (Å²) in [7, 11) is 0. The largest absolute Gasteiger partial charge is 0.507 e. The fraction of sp³-hybridized carbons (Fsp3) is 0.333. The monoisotopic (exact) mass is 372 g/mol. The van der Waals surface area contributed by atoms with Gasteiger partial charge in [-0.15, -0.1) is 0 Å². The third-order valence-electron chi connectivity index (χ3n) is 3.83. The summed E-state index contributed by atoms with van der Waals surface area (Å²) in [6.07, 6.45) is 2.48. The molecule has 2 aromatic heterocycles. The van der Waals surface area contributed by atoms with Gasteiger partial charge >= 0.3 is 0 Å². The highest BCUT2D eigenvalue weighted by molar-refractivity contribution is 7.18. The molecule has 8 heteroatoms.